The van der Waals surface area contributed by atoms with Crippen LogP contribution >= 0.6 is 0 Å². The van der Waals surface area contributed by atoms with Crippen molar-refractivity contribution in [2.75, 3.05) is 18.4 Å². The number of aromatic amines is 1. The van der Waals surface area contributed by atoms with Crippen molar-refractivity contribution in [1.29, 1.82) is 0 Å². The summed E-state index contributed by atoms with van der Waals surface area (Å²) in [6, 6.07) is 5.33. The standard InChI is InChI=1S/C24H30N6O6S/c1-16-8-13-30(21(14-16)36-24(32)33)22(31)19(5-3-9-26-23-27-11-12-28-23)29-37(34,35)20-6-2-4-17-15-25-10-7-18(17)20/h2,4,6-7,10-12,15-16,19,21,29H,3,5,8-9,13-14H2,1H3,(H,32,33)(H2,26,27,28)/t16-,19+,21-/m1/s1. The van der Waals surface area contributed by atoms with Crippen molar-refractivity contribution in [3.63, 3.8) is 0 Å². The molecule has 1 aliphatic heterocycles. The SMILES string of the molecule is C[C@@H]1CCN(C(=O)[C@H](CCCNc2ncc[nH]2)NS(=O)(=O)c2cccc3cnccc23)[C@H](OC(=O)O)C1. The normalized spacial score (nSPS) is 18.9. The number of hydrogen-bond donors (Lipinski definition) is 4. The van der Waals surface area contributed by atoms with Gasteiger partial charge < -0.3 is 25.0 Å². The Morgan fingerprint density at radius 3 is 2.89 bits per heavy atom. The van der Waals surface area contributed by atoms with Crippen molar-refractivity contribution in [2.24, 2.45) is 5.92 Å². The molecule has 1 fully saturated rings. The summed E-state index contributed by atoms with van der Waals surface area (Å²) in [6.07, 6.45) is 5.48. The van der Waals surface area contributed by atoms with Gasteiger partial charge in [-0.2, -0.15) is 4.72 Å². The van der Waals surface area contributed by atoms with Gasteiger partial charge in [-0.05, 0) is 37.3 Å². The van der Waals surface area contributed by atoms with Crippen LogP contribution in [0.3, 0.4) is 0 Å². The molecule has 198 valence electrons. The lowest BCUT2D eigenvalue weighted by Gasteiger charge is -2.38. The first-order valence-electron chi connectivity index (χ1n) is 12.0. The molecule has 0 radical (unpaired) electrons. The van der Waals surface area contributed by atoms with E-state index in [2.05, 4.69) is 25.0 Å². The number of amides is 1. The zero-order chi connectivity index (χ0) is 26.4. The molecule has 3 aromatic rings. The number of carboxylic acid groups (broad SMARTS) is 1. The third-order valence-corrected chi connectivity index (χ3v) is 7.85. The van der Waals surface area contributed by atoms with Crippen LogP contribution in [0.5, 0.6) is 0 Å². The van der Waals surface area contributed by atoms with Crippen LogP contribution in [0.1, 0.15) is 32.6 Å². The molecule has 3 heterocycles. The van der Waals surface area contributed by atoms with Crippen molar-refractivity contribution in [3.8, 4) is 0 Å². The van der Waals surface area contributed by atoms with Crippen LogP contribution in [-0.2, 0) is 19.6 Å². The molecule has 0 aliphatic carbocycles. The topological polar surface area (TPSA) is 167 Å². The number of H-pyrrole nitrogens is 1. The first-order chi connectivity index (χ1) is 17.7. The Kier molecular flexibility index (Phi) is 8.24. The summed E-state index contributed by atoms with van der Waals surface area (Å²) in [5, 5.41) is 13.4. The highest BCUT2D eigenvalue weighted by Crippen LogP contribution is 2.26. The van der Waals surface area contributed by atoms with E-state index in [0.29, 0.717) is 42.5 Å². The number of hydrogen-bond acceptors (Lipinski definition) is 8. The number of nitrogens with one attached hydrogen (secondary N) is 3. The molecule has 0 bridgehead atoms. The second kappa shape index (κ2) is 11.6. The largest absolute Gasteiger partial charge is 0.507 e. The molecule has 3 atom stereocenters. The Morgan fingerprint density at radius 1 is 1.30 bits per heavy atom. The zero-order valence-electron chi connectivity index (χ0n) is 20.3. The molecule has 1 saturated heterocycles. The lowest BCUT2D eigenvalue weighted by Crippen LogP contribution is -2.55. The van der Waals surface area contributed by atoms with Crippen molar-refractivity contribution in [3.05, 3.63) is 49.1 Å². The minimum Gasteiger partial charge on any atom is -0.450 e. The molecule has 13 heteroatoms. The van der Waals surface area contributed by atoms with Crippen LogP contribution in [0.2, 0.25) is 0 Å². The number of nitrogens with zero attached hydrogens (tertiary/aromatic N) is 3. The first-order valence-corrected chi connectivity index (χ1v) is 13.5. The predicted octanol–water partition coefficient (Wildman–Crippen LogP) is 2.78. The molecule has 0 spiro atoms. The summed E-state index contributed by atoms with van der Waals surface area (Å²) in [7, 11) is -4.12. The van der Waals surface area contributed by atoms with Crippen LogP contribution in [0.4, 0.5) is 10.7 Å². The molecule has 37 heavy (non-hydrogen) atoms. The first kappa shape index (κ1) is 26.4. The van der Waals surface area contributed by atoms with E-state index in [1.54, 1.807) is 36.8 Å². The molecule has 12 nitrogen and oxygen atoms in total. The fraction of sp³-hybridized carbons (Fsp3) is 0.417. The number of rotatable bonds is 10. The van der Waals surface area contributed by atoms with Gasteiger partial charge in [0.25, 0.3) is 0 Å². The van der Waals surface area contributed by atoms with Gasteiger partial charge in [0, 0.05) is 55.1 Å². The van der Waals surface area contributed by atoms with E-state index in [9.17, 15) is 23.1 Å². The van der Waals surface area contributed by atoms with Crippen LogP contribution < -0.4 is 10.0 Å². The summed E-state index contributed by atoms with van der Waals surface area (Å²) in [6.45, 7) is 2.65. The molecule has 0 saturated carbocycles. The Bertz CT molecular complexity index is 1330. The fourth-order valence-corrected chi connectivity index (χ4v) is 5.91. The molecular formula is C24H30N6O6S. The number of anilines is 1. The van der Waals surface area contributed by atoms with Gasteiger partial charge in [0.15, 0.2) is 12.2 Å². The minimum atomic E-state index is -4.12. The van der Waals surface area contributed by atoms with E-state index in [0.717, 1.165) is 0 Å². The van der Waals surface area contributed by atoms with Gasteiger partial charge in [-0.25, -0.2) is 18.2 Å². The molecular weight excluding hydrogens is 500 g/mol. The number of benzene rings is 1. The Hall–Kier alpha value is -3.71. The summed E-state index contributed by atoms with van der Waals surface area (Å²) >= 11 is 0. The summed E-state index contributed by atoms with van der Waals surface area (Å²) in [5.74, 6) is 0.194. The lowest BCUT2D eigenvalue weighted by atomic mass is 9.96. The highest BCUT2D eigenvalue weighted by molar-refractivity contribution is 7.89. The van der Waals surface area contributed by atoms with Crippen LogP contribution in [0.15, 0.2) is 53.9 Å². The molecule has 0 unspecified atom stereocenters. The maximum atomic E-state index is 13.7. The smallest absolute Gasteiger partial charge is 0.450 e. The van der Waals surface area contributed by atoms with Gasteiger partial charge in [0.05, 0.1) is 4.90 Å². The van der Waals surface area contributed by atoms with E-state index in [4.69, 9.17) is 4.74 Å². The Morgan fingerprint density at radius 2 is 2.14 bits per heavy atom. The van der Waals surface area contributed by atoms with Crippen molar-refractivity contribution >= 4 is 38.8 Å². The lowest BCUT2D eigenvalue weighted by molar-refractivity contribution is -0.149. The molecule has 1 aromatic carbocycles. The second-order valence-electron chi connectivity index (χ2n) is 9.03. The Labute approximate surface area is 214 Å². The molecule has 1 aliphatic rings. The van der Waals surface area contributed by atoms with Crippen LogP contribution in [-0.4, -0.2) is 70.8 Å². The average Bonchev–Trinajstić information content (AvgIpc) is 3.38. The third-order valence-electron chi connectivity index (χ3n) is 6.32. The summed E-state index contributed by atoms with van der Waals surface area (Å²) in [5.41, 5.74) is 0. The van der Waals surface area contributed by atoms with Gasteiger partial charge in [-0.1, -0.05) is 19.1 Å². The molecule has 2 aromatic heterocycles. The number of pyridine rings is 1. The number of carbonyl (C=O) groups is 2. The zero-order valence-corrected chi connectivity index (χ0v) is 21.1. The van der Waals surface area contributed by atoms with Gasteiger partial charge >= 0.3 is 6.16 Å². The number of carbonyl (C=O) groups excluding carboxylic acids is 1. The number of piperidine rings is 1. The van der Waals surface area contributed by atoms with Gasteiger partial charge in [-0.15, -0.1) is 0 Å². The second-order valence-corrected chi connectivity index (χ2v) is 10.7. The van der Waals surface area contributed by atoms with Gasteiger partial charge in [0.2, 0.25) is 15.9 Å². The minimum absolute atomic E-state index is 0.0320. The average molecular weight is 531 g/mol. The van der Waals surface area contributed by atoms with Crippen molar-refractivity contribution in [1.82, 2.24) is 24.6 Å². The van der Waals surface area contributed by atoms with Gasteiger partial charge in [0.1, 0.15) is 6.04 Å². The third kappa shape index (κ3) is 6.54. The van der Waals surface area contributed by atoms with E-state index in [-0.39, 0.29) is 23.8 Å². The van der Waals surface area contributed by atoms with Gasteiger partial charge in [-0.3, -0.25) is 9.78 Å². The van der Waals surface area contributed by atoms with Crippen molar-refractivity contribution < 1.29 is 27.9 Å². The fourth-order valence-electron chi connectivity index (χ4n) is 4.46. The molecule has 1 amide bonds. The van der Waals surface area contributed by atoms with E-state index in [1.807, 2.05) is 6.92 Å². The van der Waals surface area contributed by atoms with E-state index in [1.165, 1.54) is 17.2 Å². The maximum Gasteiger partial charge on any atom is 0.507 e. The number of likely N-dealkylation sites (tertiary alicyclic amines) is 1. The van der Waals surface area contributed by atoms with Crippen molar-refractivity contribution in [2.45, 2.75) is 49.8 Å². The number of ether oxygens (including phenoxy) is 1. The predicted molar refractivity (Wildman–Crippen MR) is 135 cm³/mol. The highest BCUT2D eigenvalue weighted by Gasteiger charge is 2.37. The highest BCUT2D eigenvalue weighted by atomic mass is 32.2. The quantitative estimate of drug-likeness (QED) is 0.228. The number of sulfonamides is 1. The summed E-state index contributed by atoms with van der Waals surface area (Å²) in [4.78, 5) is 37.4. The van der Waals surface area contributed by atoms with E-state index < -0.39 is 34.4 Å². The van der Waals surface area contributed by atoms with Crippen LogP contribution in [0.25, 0.3) is 10.8 Å². The maximum absolute atomic E-state index is 13.7. The van der Waals surface area contributed by atoms with E-state index >= 15 is 0 Å². The van der Waals surface area contributed by atoms with Crippen LogP contribution in [0, 0.1) is 5.92 Å². The number of imidazole rings is 1. The number of fused-ring (bicyclic) bond motifs is 1. The molecule has 4 N–H and O–H groups in total. The summed E-state index contributed by atoms with van der Waals surface area (Å²) < 4.78 is 34.6. The molecule has 4 rings (SSSR count). The Balaban J connectivity index is 1.57. The monoisotopic (exact) mass is 530 g/mol. The number of aromatic nitrogens is 3.